The Balaban J connectivity index is 2.22. The van der Waals surface area contributed by atoms with E-state index in [2.05, 4.69) is 0 Å². The zero-order chi connectivity index (χ0) is 15.2. The van der Waals surface area contributed by atoms with Crippen LogP contribution < -0.4 is 4.74 Å². The third-order valence-corrected chi connectivity index (χ3v) is 3.16. The van der Waals surface area contributed by atoms with Gasteiger partial charge in [0, 0.05) is 24.2 Å². The maximum Gasteiger partial charge on any atom is 0.261 e. The van der Waals surface area contributed by atoms with Gasteiger partial charge in [-0.3, -0.25) is 4.79 Å². The molecule has 2 aromatic rings. The van der Waals surface area contributed by atoms with Crippen LogP contribution >= 0.6 is 0 Å². The molecule has 2 rings (SSSR count). The van der Waals surface area contributed by atoms with Crippen LogP contribution in [0.1, 0.15) is 5.56 Å². The number of nitriles is 1. The minimum Gasteiger partial charge on any atom is -0.483 e. The summed E-state index contributed by atoms with van der Waals surface area (Å²) in [6, 6.07) is 13.0. The van der Waals surface area contributed by atoms with Gasteiger partial charge in [0.15, 0.2) is 6.61 Å². The van der Waals surface area contributed by atoms with Crippen LogP contribution in [0.5, 0.6) is 5.75 Å². The Morgan fingerprint density at radius 1 is 1.33 bits per heavy atom. The predicted octanol–water partition coefficient (Wildman–Crippen LogP) is 2.20. The van der Waals surface area contributed by atoms with E-state index in [9.17, 15) is 4.79 Å². The molecule has 0 aliphatic rings. The van der Waals surface area contributed by atoms with Crippen LogP contribution in [0.15, 0.2) is 36.4 Å². The van der Waals surface area contributed by atoms with E-state index in [1.165, 1.54) is 11.1 Å². The molecule has 0 atom stereocenters. The first kappa shape index (κ1) is 14.5. The van der Waals surface area contributed by atoms with Crippen molar-refractivity contribution in [2.75, 3.05) is 20.2 Å². The number of carbonyl (C=O) groups is 1. The summed E-state index contributed by atoms with van der Waals surface area (Å²) >= 11 is 0. The van der Waals surface area contributed by atoms with Crippen molar-refractivity contribution in [1.82, 2.24) is 4.90 Å². The monoisotopic (exact) mass is 281 g/mol. The number of nitrogens with zero attached hydrogens (tertiary/aromatic N) is 2. The number of rotatable bonds is 5. The summed E-state index contributed by atoms with van der Waals surface area (Å²) in [5.74, 6) is 0.340. The molecular weight excluding hydrogens is 266 g/mol. The van der Waals surface area contributed by atoms with E-state index in [1.807, 2.05) is 30.3 Å². The summed E-state index contributed by atoms with van der Waals surface area (Å²) in [5.41, 5.74) is 0.797. The molecule has 1 N–H and O–H groups in total. The molecule has 0 fully saturated rings. The van der Waals surface area contributed by atoms with Crippen molar-refractivity contribution in [3.05, 3.63) is 42.0 Å². The lowest BCUT2D eigenvalue weighted by atomic mass is 10.0. The van der Waals surface area contributed by atoms with E-state index in [4.69, 9.17) is 15.4 Å². The largest absolute Gasteiger partial charge is 0.483 e. The van der Waals surface area contributed by atoms with Gasteiger partial charge in [0.05, 0.1) is 6.07 Å². The molecule has 0 aromatic heterocycles. The normalized spacial score (nSPS) is 9.90. The zero-order valence-electron chi connectivity index (χ0n) is 11.7. The van der Waals surface area contributed by atoms with Crippen LogP contribution in [-0.4, -0.2) is 37.2 Å². The van der Waals surface area contributed by atoms with E-state index in [-0.39, 0.29) is 19.1 Å². The van der Waals surface area contributed by atoms with Crippen LogP contribution in [0.2, 0.25) is 0 Å². The molecule has 1 amide bonds. The van der Waals surface area contributed by atoms with Gasteiger partial charge in [-0.05, 0) is 17.5 Å². The van der Waals surface area contributed by atoms with E-state index in [0.717, 1.165) is 16.3 Å². The molecule has 0 aliphatic carbocycles. The number of fused-ring (bicyclic) bond motifs is 1. The number of nitrogens with one attached hydrogen (secondary N) is 1. The van der Waals surface area contributed by atoms with Gasteiger partial charge in [-0.25, -0.2) is 0 Å². The fraction of sp³-hybridized carbons (Fsp3) is 0.188. The summed E-state index contributed by atoms with van der Waals surface area (Å²) in [4.78, 5) is 13.1. The molecule has 0 unspecified atom stereocenters. The summed E-state index contributed by atoms with van der Waals surface area (Å²) in [6.07, 6.45) is 1.29. The summed E-state index contributed by atoms with van der Waals surface area (Å²) in [7, 11) is 1.56. The second kappa shape index (κ2) is 6.53. The maximum atomic E-state index is 11.8. The van der Waals surface area contributed by atoms with Crippen molar-refractivity contribution in [2.24, 2.45) is 0 Å². The lowest BCUT2D eigenvalue weighted by Crippen LogP contribution is -2.31. The van der Waals surface area contributed by atoms with Crippen LogP contribution in [0, 0.1) is 16.7 Å². The third-order valence-electron chi connectivity index (χ3n) is 3.16. The zero-order valence-corrected chi connectivity index (χ0v) is 11.7. The Morgan fingerprint density at radius 2 is 2.05 bits per heavy atom. The standard InChI is InChI=1S/C16H15N3O2/c1-19(9-8-17)16(20)11-21-15-7-6-12(10-18)13-4-2-3-5-14(13)15/h2-7,10,18H,9,11H2,1H3. The molecule has 0 saturated heterocycles. The molecule has 2 aromatic carbocycles. The van der Waals surface area contributed by atoms with Gasteiger partial charge in [0.1, 0.15) is 12.3 Å². The SMILES string of the molecule is CN(CC#N)C(=O)COc1ccc(C=N)c2ccccc12. The summed E-state index contributed by atoms with van der Waals surface area (Å²) in [6.45, 7) is -0.0816. The average molecular weight is 281 g/mol. The smallest absolute Gasteiger partial charge is 0.261 e. The van der Waals surface area contributed by atoms with Gasteiger partial charge in [-0.15, -0.1) is 0 Å². The summed E-state index contributed by atoms with van der Waals surface area (Å²) < 4.78 is 5.57. The topological polar surface area (TPSA) is 77.2 Å². The van der Waals surface area contributed by atoms with Crippen molar-refractivity contribution >= 4 is 22.9 Å². The molecule has 0 saturated carbocycles. The number of amides is 1. The highest BCUT2D eigenvalue weighted by Gasteiger charge is 2.11. The molecule has 106 valence electrons. The molecule has 21 heavy (non-hydrogen) atoms. The second-order valence-corrected chi connectivity index (χ2v) is 4.54. The number of likely N-dealkylation sites (N-methyl/N-ethyl adjacent to an activating group) is 1. The lowest BCUT2D eigenvalue weighted by molar-refractivity contribution is -0.131. The Kier molecular flexibility index (Phi) is 4.52. The molecule has 0 aliphatic heterocycles. The maximum absolute atomic E-state index is 11.8. The second-order valence-electron chi connectivity index (χ2n) is 4.54. The molecule has 5 nitrogen and oxygen atoms in total. The third kappa shape index (κ3) is 3.18. The number of benzene rings is 2. The highest BCUT2D eigenvalue weighted by Crippen LogP contribution is 2.27. The highest BCUT2D eigenvalue weighted by atomic mass is 16.5. The van der Waals surface area contributed by atoms with Gasteiger partial charge in [-0.1, -0.05) is 24.3 Å². The number of hydrogen-bond acceptors (Lipinski definition) is 4. The molecule has 5 heteroatoms. The van der Waals surface area contributed by atoms with E-state index < -0.39 is 0 Å². The molecular formula is C16H15N3O2. The highest BCUT2D eigenvalue weighted by molar-refractivity contribution is 6.01. The van der Waals surface area contributed by atoms with E-state index in [0.29, 0.717) is 5.75 Å². The van der Waals surface area contributed by atoms with E-state index in [1.54, 1.807) is 19.2 Å². The average Bonchev–Trinajstić information content (AvgIpc) is 2.52. The number of ether oxygens (including phenoxy) is 1. The van der Waals surface area contributed by atoms with Gasteiger partial charge in [0.25, 0.3) is 5.91 Å². The fourth-order valence-electron chi connectivity index (χ4n) is 1.99. The van der Waals surface area contributed by atoms with Crippen molar-refractivity contribution in [3.8, 4) is 11.8 Å². The van der Waals surface area contributed by atoms with Gasteiger partial charge >= 0.3 is 0 Å². The predicted molar refractivity (Wildman–Crippen MR) is 80.6 cm³/mol. The minimum atomic E-state index is -0.253. The van der Waals surface area contributed by atoms with Crippen LogP contribution in [0.4, 0.5) is 0 Å². The van der Waals surface area contributed by atoms with Crippen molar-refractivity contribution in [3.63, 3.8) is 0 Å². The Hall–Kier alpha value is -2.87. The first-order valence-electron chi connectivity index (χ1n) is 6.43. The molecule has 0 spiro atoms. The first-order chi connectivity index (χ1) is 10.2. The summed E-state index contributed by atoms with van der Waals surface area (Å²) in [5, 5.41) is 17.7. The molecule has 0 heterocycles. The van der Waals surface area contributed by atoms with Gasteiger partial charge in [0.2, 0.25) is 0 Å². The van der Waals surface area contributed by atoms with Crippen molar-refractivity contribution in [1.29, 1.82) is 10.7 Å². The fourth-order valence-corrected chi connectivity index (χ4v) is 1.99. The van der Waals surface area contributed by atoms with Gasteiger partial charge < -0.3 is 15.0 Å². The van der Waals surface area contributed by atoms with Crippen LogP contribution in [0.25, 0.3) is 10.8 Å². The van der Waals surface area contributed by atoms with Crippen LogP contribution in [-0.2, 0) is 4.79 Å². The lowest BCUT2D eigenvalue weighted by Gasteiger charge is -2.15. The Labute approximate surface area is 122 Å². The Bertz CT molecular complexity index is 719. The van der Waals surface area contributed by atoms with Crippen LogP contribution in [0.3, 0.4) is 0 Å². The number of carbonyl (C=O) groups excluding carboxylic acids is 1. The van der Waals surface area contributed by atoms with Crippen molar-refractivity contribution in [2.45, 2.75) is 0 Å². The molecule has 0 bridgehead atoms. The molecule has 0 radical (unpaired) electrons. The minimum absolute atomic E-state index is 0.0374. The first-order valence-corrected chi connectivity index (χ1v) is 6.43. The Morgan fingerprint density at radius 3 is 2.71 bits per heavy atom. The van der Waals surface area contributed by atoms with Crippen molar-refractivity contribution < 1.29 is 9.53 Å². The van der Waals surface area contributed by atoms with Gasteiger partial charge in [-0.2, -0.15) is 5.26 Å². The number of hydrogen-bond donors (Lipinski definition) is 1. The van der Waals surface area contributed by atoms with E-state index >= 15 is 0 Å². The quantitative estimate of drug-likeness (QED) is 0.674.